The number of ether oxygens (including phenoxy) is 1. The molecule has 0 aliphatic rings. The Balaban J connectivity index is 0.00000240. The highest BCUT2D eigenvalue weighted by Crippen LogP contribution is 2.31. The van der Waals surface area contributed by atoms with Crippen LogP contribution < -0.4 is 15.5 Å². The predicted molar refractivity (Wildman–Crippen MR) is 122 cm³/mol. The van der Waals surface area contributed by atoms with Crippen molar-refractivity contribution in [1.82, 2.24) is 14.3 Å². The second-order valence-corrected chi connectivity index (χ2v) is 7.02. The lowest BCUT2D eigenvalue weighted by Crippen LogP contribution is -2.28. The molecule has 1 N–H and O–H groups in total. The number of anilines is 1. The third-order valence-corrected chi connectivity index (χ3v) is 5.54. The molecule has 4 aromatic rings. The Morgan fingerprint density at radius 2 is 1.93 bits per heavy atom. The molecule has 0 aliphatic carbocycles. The van der Waals surface area contributed by atoms with Gasteiger partial charge in [-0.3, -0.25) is 9.20 Å². The van der Waals surface area contributed by atoms with Gasteiger partial charge >= 0.3 is 0 Å². The van der Waals surface area contributed by atoms with Crippen LogP contribution >= 0.6 is 12.4 Å². The number of aromatic nitrogens is 2. The van der Waals surface area contributed by atoms with E-state index in [1.165, 1.54) is 0 Å². The lowest BCUT2D eigenvalue weighted by molar-refractivity contribution is 0.316. The van der Waals surface area contributed by atoms with E-state index in [0.717, 1.165) is 54.2 Å². The molecule has 2 aromatic heterocycles. The van der Waals surface area contributed by atoms with Crippen molar-refractivity contribution in [3.8, 4) is 5.75 Å². The summed E-state index contributed by atoms with van der Waals surface area (Å²) in [6.45, 7) is 10.0. The van der Waals surface area contributed by atoms with Crippen molar-refractivity contribution in [2.24, 2.45) is 0 Å². The Kier molecular flexibility index (Phi) is 6.15. The minimum atomic E-state index is 0. The van der Waals surface area contributed by atoms with Crippen molar-refractivity contribution in [1.29, 1.82) is 0 Å². The number of nitrogens with one attached hydrogen (secondary N) is 1. The Labute approximate surface area is 176 Å². The van der Waals surface area contributed by atoms with Crippen LogP contribution in [0.3, 0.4) is 0 Å². The average Bonchev–Trinajstić information content (AvgIpc) is 3.05. The summed E-state index contributed by atoms with van der Waals surface area (Å²) in [5, 5.41) is 4.82. The summed E-state index contributed by atoms with van der Waals surface area (Å²) < 4.78 is 7.43. The number of likely N-dealkylation sites (N-methyl/N-ethyl adjacent to an activating group) is 1. The fourth-order valence-corrected chi connectivity index (χ4v) is 4.00. The molecule has 6 nitrogen and oxygen atoms in total. The van der Waals surface area contributed by atoms with Crippen molar-refractivity contribution in [2.45, 2.75) is 20.8 Å². The third-order valence-electron chi connectivity index (χ3n) is 5.54. The normalized spacial score (nSPS) is 11.5. The summed E-state index contributed by atoms with van der Waals surface area (Å²) in [5.74, 6) is 1.55. The van der Waals surface area contributed by atoms with Gasteiger partial charge in [0.2, 0.25) is 0 Å². The van der Waals surface area contributed by atoms with Crippen molar-refractivity contribution in [3.05, 3.63) is 46.4 Å². The number of imidazole rings is 1. The van der Waals surface area contributed by atoms with Crippen LogP contribution in [0.25, 0.3) is 27.3 Å². The predicted octanol–water partition coefficient (Wildman–Crippen LogP) is 3.93. The highest BCUT2D eigenvalue weighted by Gasteiger charge is 2.18. The van der Waals surface area contributed by atoms with Gasteiger partial charge in [0.05, 0.1) is 34.4 Å². The number of nitrogens with zero attached hydrogens (tertiary/aromatic N) is 3. The summed E-state index contributed by atoms with van der Waals surface area (Å²) in [7, 11) is 1.61. The van der Waals surface area contributed by atoms with Gasteiger partial charge in [0, 0.05) is 18.8 Å². The van der Waals surface area contributed by atoms with Crippen molar-refractivity contribution < 1.29 is 4.74 Å². The molecule has 0 unspecified atom stereocenters. The number of methoxy groups -OCH3 is 1. The minimum absolute atomic E-state index is 0. The molecule has 4 rings (SSSR count). The van der Waals surface area contributed by atoms with E-state index in [9.17, 15) is 4.79 Å². The highest BCUT2D eigenvalue weighted by atomic mass is 35.5. The van der Waals surface area contributed by atoms with Crippen LogP contribution in [-0.4, -0.2) is 47.6 Å². The van der Waals surface area contributed by atoms with E-state index in [1.807, 2.05) is 37.3 Å². The first-order valence-corrected chi connectivity index (χ1v) is 9.80. The zero-order valence-corrected chi connectivity index (χ0v) is 18.1. The second-order valence-electron chi connectivity index (χ2n) is 7.02. The molecule has 0 aliphatic heterocycles. The number of fused-ring (bicyclic) bond motifs is 2. The summed E-state index contributed by atoms with van der Waals surface area (Å²) in [6, 6.07) is 9.60. The van der Waals surface area contributed by atoms with Crippen LogP contribution in [0, 0.1) is 6.92 Å². The molecule has 0 atom stereocenters. The van der Waals surface area contributed by atoms with Crippen molar-refractivity contribution in [2.75, 3.05) is 38.6 Å². The highest BCUT2D eigenvalue weighted by molar-refractivity contribution is 6.07. The molecule has 0 bridgehead atoms. The van der Waals surface area contributed by atoms with Gasteiger partial charge in [0.1, 0.15) is 11.6 Å². The smallest absolute Gasteiger partial charge is 0.199 e. The largest absolute Gasteiger partial charge is 0.497 e. The Hall–Kier alpha value is -2.57. The van der Waals surface area contributed by atoms with E-state index < -0.39 is 0 Å². The molecule has 0 spiro atoms. The molecular formula is C22H27ClN4O2. The fraction of sp³-hybridized carbons (Fsp3) is 0.364. The maximum absolute atomic E-state index is 13.5. The van der Waals surface area contributed by atoms with E-state index in [2.05, 4.69) is 33.4 Å². The van der Waals surface area contributed by atoms with E-state index in [-0.39, 0.29) is 17.8 Å². The zero-order chi connectivity index (χ0) is 19.8. The first-order valence-electron chi connectivity index (χ1n) is 9.80. The van der Waals surface area contributed by atoms with Crippen molar-refractivity contribution in [3.63, 3.8) is 0 Å². The van der Waals surface area contributed by atoms with Gasteiger partial charge in [-0.15, -0.1) is 12.4 Å². The maximum atomic E-state index is 13.5. The molecule has 2 heterocycles. The van der Waals surface area contributed by atoms with E-state index in [1.54, 1.807) is 7.11 Å². The summed E-state index contributed by atoms with van der Waals surface area (Å²) >= 11 is 0. The lowest BCUT2D eigenvalue weighted by atomic mass is 10.1. The van der Waals surface area contributed by atoms with Crippen LogP contribution in [0.2, 0.25) is 0 Å². The number of aryl methyl sites for hydroxylation is 1. The zero-order valence-electron chi connectivity index (χ0n) is 17.3. The standard InChI is InChI=1S/C22H26N4O2.ClH/c1-5-25(6-2)12-11-23-17-8-9-18-21-20(17)22(27)16-13-15(28-4)7-10-19(16)26(21)14(3)24-18;/h7-10,13,23H,5-6,11-12H2,1-4H3;1H. The average molecular weight is 415 g/mol. The van der Waals surface area contributed by atoms with Crippen LogP contribution in [-0.2, 0) is 0 Å². The van der Waals surface area contributed by atoms with E-state index >= 15 is 0 Å². The Morgan fingerprint density at radius 1 is 1.17 bits per heavy atom. The number of pyridine rings is 1. The third kappa shape index (κ3) is 3.47. The molecule has 0 amide bonds. The molecule has 0 saturated heterocycles. The monoisotopic (exact) mass is 414 g/mol. The number of rotatable bonds is 7. The second kappa shape index (κ2) is 8.43. The van der Waals surface area contributed by atoms with E-state index in [4.69, 9.17) is 4.74 Å². The van der Waals surface area contributed by atoms with Gasteiger partial charge in [0.25, 0.3) is 0 Å². The first kappa shape index (κ1) is 21.1. The number of hydrogen-bond acceptors (Lipinski definition) is 5. The number of benzene rings is 2. The first-order chi connectivity index (χ1) is 13.6. The number of hydrogen-bond donors (Lipinski definition) is 1. The van der Waals surface area contributed by atoms with Gasteiger partial charge in [-0.1, -0.05) is 13.8 Å². The van der Waals surface area contributed by atoms with Gasteiger partial charge in [-0.05, 0) is 50.3 Å². The summed E-state index contributed by atoms with van der Waals surface area (Å²) in [6.07, 6.45) is 0. The molecule has 0 radical (unpaired) electrons. The number of halogens is 1. The molecule has 29 heavy (non-hydrogen) atoms. The molecule has 7 heteroatoms. The van der Waals surface area contributed by atoms with Crippen LogP contribution in [0.15, 0.2) is 35.1 Å². The van der Waals surface area contributed by atoms with Gasteiger partial charge < -0.3 is 15.0 Å². The van der Waals surface area contributed by atoms with Crippen LogP contribution in [0.1, 0.15) is 19.7 Å². The summed E-state index contributed by atoms with van der Waals surface area (Å²) in [5.41, 5.74) is 3.46. The lowest BCUT2D eigenvalue weighted by Gasteiger charge is -2.19. The maximum Gasteiger partial charge on any atom is 0.199 e. The van der Waals surface area contributed by atoms with Gasteiger partial charge in [-0.25, -0.2) is 4.98 Å². The Bertz CT molecular complexity index is 1200. The molecular weight excluding hydrogens is 388 g/mol. The van der Waals surface area contributed by atoms with Crippen LogP contribution in [0.4, 0.5) is 5.69 Å². The van der Waals surface area contributed by atoms with E-state index in [0.29, 0.717) is 16.5 Å². The molecule has 2 aromatic carbocycles. The van der Waals surface area contributed by atoms with Crippen molar-refractivity contribution >= 4 is 45.4 Å². The fourth-order valence-electron chi connectivity index (χ4n) is 4.00. The van der Waals surface area contributed by atoms with Gasteiger partial charge in [-0.2, -0.15) is 0 Å². The van der Waals surface area contributed by atoms with Gasteiger partial charge in [0.15, 0.2) is 5.43 Å². The topological polar surface area (TPSA) is 58.9 Å². The van der Waals surface area contributed by atoms with Crippen LogP contribution in [0.5, 0.6) is 5.75 Å². The summed E-state index contributed by atoms with van der Waals surface area (Å²) in [4.78, 5) is 20.5. The molecule has 154 valence electrons. The molecule has 0 saturated carbocycles. The minimum Gasteiger partial charge on any atom is -0.497 e. The quantitative estimate of drug-likeness (QED) is 0.464. The Morgan fingerprint density at radius 3 is 2.62 bits per heavy atom. The SMILES string of the molecule is CCN(CC)CCNc1ccc2nc(C)n3c4ccc(OC)cc4c(=O)c1c23.Cl. The molecule has 0 fully saturated rings.